The van der Waals surface area contributed by atoms with Gasteiger partial charge in [0, 0.05) is 16.5 Å². The second kappa shape index (κ2) is 6.06. The third-order valence-electron chi connectivity index (χ3n) is 4.39. The summed E-state index contributed by atoms with van der Waals surface area (Å²) in [7, 11) is 0. The maximum absolute atomic E-state index is 10.9. The molecule has 0 radical (unpaired) electrons. The largest absolute Gasteiger partial charge is 0.460 e. The van der Waals surface area contributed by atoms with Gasteiger partial charge in [-0.3, -0.25) is 4.79 Å². The number of carbonyl (C=O) groups is 1. The van der Waals surface area contributed by atoms with Crippen molar-refractivity contribution >= 4 is 17.3 Å². The first-order valence-electron chi connectivity index (χ1n) is 8.17. The monoisotopic (exact) mass is 331 g/mol. The molecule has 0 aliphatic rings. The number of aryl methyl sites for hydroxylation is 1. The molecule has 0 saturated heterocycles. The lowest BCUT2D eigenvalue weighted by Gasteiger charge is -2.04. The van der Waals surface area contributed by atoms with Crippen molar-refractivity contribution in [2.75, 3.05) is 0 Å². The third-order valence-corrected chi connectivity index (χ3v) is 4.39. The van der Waals surface area contributed by atoms with Crippen molar-refractivity contribution in [2.24, 2.45) is 0 Å². The summed E-state index contributed by atoms with van der Waals surface area (Å²) in [6.07, 6.45) is 0.837. The van der Waals surface area contributed by atoms with Crippen molar-refractivity contribution < 1.29 is 13.6 Å². The summed E-state index contributed by atoms with van der Waals surface area (Å²) in [6, 6.07) is 17.2. The minimum absolute atomic E-state index is 0.0479. The SMILES string of the molecule is Cc1oc(-c2ccccc2)nc1C(C)c1cc2cc(C=O)ccc2o1. The van der Waals surface area contributed by atoms with E-state index in [0.29, 0.717) is 11.5 Å². The Morgan fingerprint density at radius 1 is 1.04 bits per heavy atom. The first-order chi connectivity index (χ1) is 12.2. The van der Waals surface area contributed by atoms with Gasteiger partial charge in [-0.25, -0.2) is 4.98 Å². The Balaban J connectivity index is 1.72. The van der Waals surface area contributed by atoms with Gasteiger partial charge < -0.3 is 8.83 Å². The van der Waals surface area contributed by atoms with Crippen LogP contribution in [-0.4, -0.2) is 11.3 Å². The average molecular weight is 331 g/mol. The Hall–Kier alpha value is -3.14. The van der Waals surface area contributed by atoms with Gasteiger partial charge >= 0.3 is 0 Å². The van der Waals surface area contributed by atoms with Crippen LogP contribution in [0.2, 0.25) is 0 Å². The summed E-state index contributed by atoms with van der Waals surface area (Å²) < 4.78 is 11.8. The zero-order chi connectivity index (χ0) is 17.4. The number of hydrogen-bond donors (Lipinski definition) is 0. The molecule has 2 heterocycles. The molecule has 25 heavy (non-hydrogen) atoms. The second-order valence-electron chi connectivity index (χ2n) is 6.11. The van der Waals surface area contributed by atoms with Gasteiger partial charge in [0.1, 0.15) is 23.4 Å². The Kier molecular flexibility index (Phi) is 3.73. The first kappa shape index (κ1) is 15.4. The molecule has 1 unspecified atom stereocenters. The van der Waals surface area contributed by atoms with Gasteiger partial charge in [-0.1, -0.05) is 18.2 Å². The van der Waals surface area contributed by atoms with Gasteiger partial charge in [0.05, 0.1) is 11.6 Å². The van der Waals surface area contributed by atoms with Crippen LogP contribution in [0.15, 0.2) is 63.4 Å². The van der Waals surface area contributed by atoms with E-state index in [9.17, 15) is 4.79 Å². The number of hydrogen-bond acceptors (Lipinski definition) is 4. The number of fused-ring (bicyclic) bond motifs is 1. The van der Waals surface area contributed by atoms with Crippen LogP contribution < -0.4 is 0 Å². The van der Waals surface area contributed by atoms with Crippen LogP contribution in [0, 0.1) is 6.92 Å². The minimum atomic E-state index is -0.0479. The number of carbonyl (C=O) groups excluding carboxylic acids is 1. The summed E-state index contributed by atoms with van der Waals surface area (Å²) in [4.78, 5) is 15.6. The average Bonchev–Trinajstić information content (AvgIpc) is 3.24. The molecule has 0 N–H and O–H groups in total. The van der Waals surface area contributed by atoms with Crippen LogP contribution in [-0.2, 0) is 0 Å². The molecule has 2 aromatic carbocycles. The van der Waals surface area contributed by atoms with Crippen molar-refractivity contribution in [3.05, 3.63) is 77.4 Å². The Bertz CT molecular complexity index is 1040. The van der Waals surface area contributed by atoms with E-state index in [0.717, 1.165) is 40.0 Å². The molecule has 0 spiro atoms. The van der Waals surface area contributed by atoms with E-state index in [-0.39, 0.29) is 5.92 Å². The highest BCUT2D eigenvalue weighted by molar-refractivity contribution is 5.86. The number of rotatable bonds is 4. The predicted molar refractivity (Wildman–Crippen MR) is 95.8 cm³/mol. The van der Waals surface area contributed by atoms with Gasteiger partial charge in [-0.05, 0) is 50.2 Å². The van der Waals surface area contributed by atoms with Crippen molar-refractivity contribution in [1.29, 1.82) is 0 Å². The highest BCUT2D eigenvalue weighted by atomic mass is 16.4. The van der Waals surface area contributed by atoms with Gasteiger partial charge in [-0.2, -0.15) is 0 Å². The van der Waals surface area contributed by atoms with Crippen molar-refractivity contribution in [3.8, 4) is 11.5 Å². The minimum Gasteiger partial charge on any atom is -0.460 e. The molecular weight excluding hydrogens is 314 g/mol. The second-order valence-corrected chi connectivity index (χ2v) is 6.11. The summed E-state index contributed by atoms with van der Waals surface area (Å²) in [5.74, 6) is 2.14. The smallest absolute Gasteiger partial charge is 0.226 e. The fourth-order valence-corrected chi connectivity index (χ4v) is 3.02. The number of oxazole rings is 1. The van der Waals surface area contributed by atoms with Crippen molar-refractivity contribution in [3.63, 3.8) is 0 Å². The molecular formula is C21H17NO3. The van der Waals surface area contributed by atoms with E-state index in [1.54, 1.807) is 6.07 Å². The van der Waals surface area contributed by atoms with Gasteiger partial charge in [0.2, 0.25) is 5.89 Å². The number of nitrogens with zero attached hydrogens (tertiary/aromatic N) is 1. The fraction of sp³-hybridized carbons (Fsp3) is 0.143. The maximum Gasteiger partial charge on any atom is 0.226 e. The molecule has 0 fully saturated rings. The van der Waals surface area contributed by atoms with Crippen LogP contribution >= 0.6 is 0 Å². The van der Waals surface area contributed by atoms with E-state index in [2.05, 4.69) is 4.98 Å². The highest BCUT2D eigenvalue weighted by Crippen LogP contribution is 2.33. The molecule has 0 aliphatic carbocycles. The topological polar surface area (TPSA) is 56.2 Å². The van der Waals surface area contributed by atoms with E-state index in [1.165, 1.54) is 0 Å². The van der Waals surface area contributed by atoms with Crippen LogP contribution in [0.3, 0.4) is 0 Å². The molecule has 0 amide bonds. The molecule has 1 atom stereocenters. The number of furan rings is 1. The van der Waals surface area contributed by atoms with Crippen molar-refractivity contribution in [1.82, 2.24) is 4.98 Å². The van der Waals surface area contributed by atoms with Crippen LogP contribution in [0.5, 0.6) is 0 Å². The fourth-order valence-electron chi connectivity index (χ4n) is 3.02. The lowest BCUT2D eigenvalue weighted by atomic mass is 10.0. The standard InChI is InChI=1S/C21H17NO3/c1-13(19-11-17-10-15(12-23)8-9-18(17)25-19)20-14(2)24-21(22-20)16-6-4-3-5-7-16/h3-13H,1-2H3. The zero-order valence-electron chi connectivity index (χ0n) is 14.0. The molecule has 4 rings (SSSR count). The zero-order valence-corrected chi connectivity index (χ0v) is 14.0. The first-order valence-corrected chi connectivity index (χ1v) is 8.17. The normalized spacial score (nSPS) is 12.4. The third kappa shape index (κ3) is 2.76. The molecule has 124 valence electrons. The van der Waals surface area contributed by atoms with Crippen LogP contribution in [0.1, 0.15) is 40.4 Å². The van der Waals surface area contributed by atoms with Gasteiger partial charge in [0.15, 0.2) is 0 Å². The number of aldehydes is 1. The lowest BCUT2D eigenvalue weighted by Crippen LogP contribution is -1.96. The summed E-state index contributed by atoms with van der Waals surface area (Å²) >= 11 is 0. The Morgan fingerprint density at radius 3 is 2.60 bits per heavy atom. The molecule has 4 heteroatoms. The van der Waals surface area contributed by atoms with Gasteiger partial charge in [-0.15, -0.1) is 0 Å². The molecule has 0 bridgehead atoms. The van der Waals surface area contributed by atoms with Crippen molar-refractivity contribution in [2.45, 2.75) is 19.8 Å². The Morgan fingerprint density at radius 2 is 1.84 bits per heavy atom. The highest BCUT2D eigenvalue weighted by Gasteiger charge is 2.21. The predicted octanol–water partition coefficient (Wildman–Crippen LogP) is 5.36. The molecule has 0 aliphatic heterocycles. The molecule has 2 aromatic heterocycles. The Labute approximate surface area is 145 Å². The summed E-state index contributed by atoms with van der Waals surface area (Å²) in [5.41, 5.74) is 3.20. The van der Waals surface area contributed by atoms with E-state index in [1.807, 2.05) is 62.4 Å². The maximum atomic E-state index is 10.9. The number of aromatic nitrogens is 1. The van der Waals surface area contributed by atoms with E-state index >= 15 is 0 Å². The van der Waals surface area contributed by atoms with E-state index in [4.69, 9.17) is 8.83 Å². The summed E-state index contributed by atoms with van der Waals surface area (Å²) in [6.45, 7) is 3.95. The van der Waals surface area contributed by atoms with Gasteiger partial charge in [0.25, 0.3) is 0 Å². The molecule has 0 saturated carbocycles. The quantitative estimate of drug-likeness (QED) is 0.472. The number of benzene rings is 2. The molecule has 4 aromatic rings. The van der Waals surface area contributed by atoms with E-state index < -0.39 is 0 Å². The summed E-state index contributed by atoms with van der Waals surface area (Å²) in [5, 5.41) is 0.913. The van der Waals surface area contributed by atoms with Crippen LogP contribution in [0.4, 0.5) is 0 Å². The lowest BCUT2D eigenvalue weighted by molar-refractivity contribution is 0.112. The van der Waals surface area contributed by atoms with Crippen LogP contribution in [0.25, 0.3) is 22.4 Å². The molecule has 4 nitrogen and oxygen atoms in total.